The molecule has 0 aliphatic carbocycles. The van der Waals surface area contributed by atoms with E-state index in [9.17, 15) is 28.0 Å². The molecule has 11 heteroatoms. The summed E-state index contributed by atoms with van der Waals surface area (Å²) < 4.78 is 45.9. The summed E-state index contributed by atoms with van der Waals surface area (Å²) in [6.45, 7) is 3.19. The molecular weight excluding hydrogens is 391 g/mol. The maximum Gasteiger partial charge on any atom is 0.416 e. The summed E-state index contributed by atoms with van der Waals surface area (Å²) in [7, 11) is 0. The lowest BCUT2D eigenvalue weighted by Crippen LogP contribution is -2.24. The smallest absolute Gasteiger partial charge is 0.416 e. The summed E-state index contributed by atoms with van der Waals surface area (Å²) in [5.41, 5.74) is -1.99. The largest absolute Gasteiger partial charge is 0.460 e. The predicted molar refractivity (Wildman–Crippen MR) is 93.6 cm³/mol. The summed E-state index contributed by atoms with van der Waals surface area (Å²) in [4.78, 5) is 29.3. The SMILES string of the molecule is CCOC(=O)c1nn(-c2cccc(C(F)(F)F)c2)c2nc(CC)c(C#N)c(=O)n12. The van der Waals surface area contributed by atoms with E-state index in [4.69, 9.17) is 4.74 Å². The van der Waals surface area contributed by atoms with Gasteiger partial charge >= 0.3 is 12.1 Å². The van der Waals surface area contributed by atoms with Crippen molar-refractivity contribution in [1.29, 1.82) is 5.26 Å². The lowest BCUT2D eigenvalue weighted by Gasteiger charge is -2.09. The maximum atomic E-state index is 13.1. The molecule has 0 fully saturated rings. The van der Waals surface area contributed by atoms with Gasteiger partial charge in [0.1, 0.15) is 11.6 Å². The number of nitrogens with zero attached hydrogens (tertiary/aromatic N) is 5. The van der Waals surface area contributed by atoms with Gasteiger partial charge in [-0.3, -0.25) is 4.79 Å². The van der Waals surface area contributed by atoms with Crippen LogP contribution in [0.3, 0.4) is 0 Å². The molecule has 0 unspecified atom stereocenters. The van der Waals surface area contributed by atoms with Crippen molar-refractivity contribution in [3.8, 4) is 11.8 Å². The van der Waals surface area contributed by atoms with E-state index in [1.165, 1.54) is 12.1 Å². The molecule has 1 aromatic carbocycles. The first kappa shape index (κ1) is 20.1. The van der Waals surface area contributed by atoms with Gasteiger partial charge in [0.05, 0.1) is 23.6 Å². The number of alkyl halides is 3. The maximum absolute atomic E-state index is 13.1. The first-order valence-electron chi connectivity index (χ1n) is 8.52. The van der Waals surface area contributed by atoms with Crippen LogP contribution >= 0.6 is 0 Å². The standard InChI is InChI=1S/C18H14F3N5O3/c1-3-13-12(9-22)15(27)25-14(16(28)29-4-2)24-26(17(25)23-13)11-7-5-6-10(8-11)18(19,20)21/h5-8H,3-4H2,1-2H3. The molecule has 2 aromatic heterocycles. The number of esters is 1. The average Bonchev–Trinajstić information content (AvgIpc) is 3.07. The fourth-order valence-corrected chi connectivity index (χ4v) is 2.75. The number of ether oxygens (including phenoxy) is 1. The molecule has 0 bridgehead atoms. The van der Waals surface area contributed by atoms with Crippen LogP contribution in [-0.2, 0) is 17.3 Å². The second-order valence-corrected chi connectivity index (χ2v) is 5.84. The minimum Gasteiger partial charge on any atom is -0.460 e. The molecule has 0 aliphatic rings. The van der Waals surface area contributed by atoms with Crippen molar-refractivity contribution in [3.63, 3.8) is 0 Å². The number of aromatic nitrogens is 4. The van der Waals surface area contributed by atoms with Gasteiger partial charge in [0.2, 0.25) is 11.6 Å². The van der Waals surface area contributed by atoms with E-state index in [2.05, 4.69) is 10.1 Å². The van der Waals surface area contributed by atoms with Crippen LogP contribution < -0.4 is 5.56 Å². The van der Waals surface area contributed by atoms with Crippen LogP contribution in [0.2, 0.25) is 0 Å². The molecule has 0 saturated heterocycles. The Bertz CT molecular complexity index is 1200. The molecule has 0 saturated carbocycles. The number of aryl methyl sites for hydroxylation is 1. The van der Waals surface area contributed by atoms with Gasteiger partial charge in [-0.15, -0.1) is 5.10 Å². The number of hydrogen-bond donors (Lipinski definition) is 0. The second kappa shape index (κ2) is 7.38. The highest BCUT2D eigenvalue weighted by molar-refractivity contribution is 5.86. The van der Waals surface area contributed by atoms with Crippen molar-refractivity contribution in [3.05, 3.63) is 57.3 Å². The summed E-state index contributed by atoms with van der Waals surface area (Å²) in [5, 5.41) is 13.3. The Morgan fingerprint density at radius 3 is 2.62 bits per heavy atom. The molecule has 3 rings (SSSR count). The van der Waals surface area contributed by atoms with Gasteiger partial charge < -0.3 is 4.74 Å². The summed E-state index contributed by atoms with van der Waals surface area (Å²) in [6.07, 6.45) is -4.38. The number of halogens is 3. The van der Waals surface area contributed by atoms with Crippen molar-refractivity contribution >= 4 is 11.7 Å². The molecule has 0 aliphatic heterocycles. The summed E-state index contributed by atoms with van der Waals surface area (Å²) in [6, 6.07) is 5.94. The first-order valence-corrected chi connectivity index (χ1v) is 8.52. The number of carbonyl (C=O) groups is 1. The predicted octanol–water partition coefficient (Wildman–Crippen LogP) is 2.51. The Morgan fingerprint density at radius 2 is 2.03 bits per heavy atom. The van der Waals surface area contributed by atoms with E-state index in [1.807, 2.05) is 0 Å². The van der Waals surface area contributed by atoms with Crippen molar-refractivity contribution in [2.45, 2.75) is 26.4 Å². The lowest BCUT2D eigenvalue weighted by molar-refractivity contribution is -0.137. The Labute approximate surface area is 161 Å². The number of rotatable bonds is 4. The molecule has 150 valence electrons. The van der Waals surface area contributed by atoms with E-state index in [-0.39, 0.29) is 35.8 Å². The van der Waals surface area contributed by atoms with Gasteiger partial charge in [-0.2, -0.15) is 23.1 Å². The highest BCUT2D eigenvalue weighted by Crippen LogP contribution is 2.30. The highest BCUT2D eigenvalue weighted by Gasteiger charge is 2.31. The van der Waals surface area contributed by atoms with Crippen molar-refractivity contribution in [2.75, 3.05) is 6.61 Å². The van der Waals surface area contributed by atoms with Crippen LogP contribution in [0.1, 0.15) is 41.3 Å². The van der Waals surface area contributed by atoms with Crippen LogP contribution in [0.25, 0.3) is 11.5 Å². The van der Waals surface area contributed by atoms with Crippen molar-refractivity contribution < 1.29 is 22.7 Å². The van der Waals surface area contributed by atoms with E-state index >= 15 is 0 Å². The van der Waals surface area contributed by atoms with Gasteiger partial charge in [0.25, 0.3) is 5.56 Å². The van der Waals surface area contributed by atoms with E-state index < -0.39 is 29.1 Å². The average molecular weight is 405 g/mol. The third-order valence-corrected chi connectivity index (χ3v) is 4.06. The Balaban J connectivity index is 2.40. The molecular formula is C18H14F3N5O3. The molecule has 8 nitrogen and oxygen atoms in total. The molecule has 2 heterocycles. The molecule has 0 spiro atoms. The van der Waals surface area contributed by atoms with E-state index in [0.29, 0.717) is 0 Å². The van der Waals surface area contributed by atoms with Gasteiger partial charge in [0, 0.05) is 0 Å². The number of hydrogen-bond acceptors (Lipinski definition) is 6. The van der Waals surface area contributed by atoms with E-state index in [1.54, 1.807) is 19.9 Å². The quantitative estimate of drug-likeness (QED) is 0.618. The van der Waals surface area contributed by atoms with Crippen LogP contribution in [0.15, 0.2) is 29.1 Å². The Hall–Kier alpha value is -3.68. The molecule has 29 heavy (non-hydrogen) atoms. The minimum absolute atomic E-state index is 0.0168. The molecule has 0 radical (unpaired) electrons. The van der Waals surface area contributed by atoms with Crippen LogP contribution in [0.5, 0.6) is 0 Å². The van der Waals surface area contributed by atoms with Crippen LogP contribution in [0.4, 0.5) is 13.2 Å². The second-order valence-electron chi connectivity index (χ2n) is 5.84. The number of carbonyl (C=O) groups excluding carboxylic acids is 1. The molecule has 0 amide bonds. The minimum atomic E-state index is -4.60. The van der Waals surface area contributed by atoms with Gasteiger partial charge in [0.15, 0.2) is 0 Å². The first-order chi connectivity index (χ1) is 13.7. The topological polar surface area (TPSA) is 102 Å². The Kier molecular flexibility index (Phi) is 5.11. The zero-order chi connectivity index (χ0) is 21.3. The number of nitriles is 1. The summed E-state index contributed by atoms with van der Waals surface area (Å²) >= 11 is 0. The van der Waals surface area contributed by atoms with Crippen LogP contribution in [-0.4, -0.2) is 31.7 Å². The molecule has 3 aromatic rings. The zero-order valence-electron chi connectivity index (χ0n) is 15.3. The third-order valence-electron chi connectivity index (χ3n) is 4.06. The molecule has 0 N–H and O–H groups in total. The summed E-state index contributed by atoms with van der Waals surface area (Å²) in [5.74, 6) is -1.66. The number of benzene rings is 1. The van der Waals surface area contributed by atoms with E-state index in [0.717, 1.165) is 21.2 Å². The zero-order valence-corrected chi connectivity index (χ0v) is 15.3. The highest BCUT2D eigenvalue weighted by atomic mass is 19.4. The normalized spacial score (nSPS) is 11.4. The fraction of sp³-hybridized carbons (Fsp3) is 0.278. The van der Waals surface area contributed by atoms with Crippen LogP contribution in [0, 0.1) is 11.3 Å². The molecule has 0 atom stereocenters. The van der Waals surface area contributed by atoms with Gasteiger partial charge in [-0.25, -0.2) is 14.2 Å². The third kappa shape index (κ3) is 3.44. The number of fused-ring (bicyclic) bond motifs is 1. The van der Waals surface area contributed by atoms with Gasteiger partial charge in [-0.05, 0) is 31.5 Å². The Morgan fingerprint density at radius 1 is 1.31 bits per heavy atom. The fourth-order valence-electron chi connectivity index (χ4n) is 2.75. The van der Waals surface area contributed by atoms with Crippen molar-refractivity contribution in [1.82, 2.24) is 19.2 Å². The van der Waals surface area contributed by atoms with Gasteiger partial charge in [-0.1, -0.05) is 13.0 Å². The monoisotopic (exact) mass is 405 g/mol. The van der Waals surface area contributed by atoms with Crippen molar-refractivity contribution in [2.24, 2.45) is 0 Å². The lowest BCUT2D eigenvalue weighted by atomic mass is 10.2.